The lowest BCUT2D eigenvalue weighted by molar-refractivity contribution is 0.0904. The molecule has 1 saturated carbocycles. The summed E-state index contributed by atoms with van der Waals surface area (Å²) in [6, 6.07) is 14.3. The summed E-state index contributed by atoms with van der Waals surface area (Å²) in [5, 5.41) is 7.22. The summed E-state index contributed by atoms with van der Waals surface area (Å²) in [5.74, 6) is 0.125. The van der Waals surface area contributed by atoms with Gasteiger partial charge in [0.05, 0.1) is 33.5 Å². The lowest BCUT2D eigenvalue weighted by Crippen LogP contribution is -2.39. The quantitative estimate of drug-likeness (QED) is 0.267. The number of carbonyl (C=O) groups excluding carboxylic acids is 1. The van der Waals surface area contributed by atoms with E-state index in [9.17, 15) is 18.4 Å². The largest absolute Gasteiger partial charge is 0.349 e. The van der Waals surface area contributed by atoms with Crippen LogP contribution in [0.1, 0.15) is 48.2 Å². The average molecular weight is 592 g/mol. The molecule has 6 rings (SSSR count). The fourth-order valence-electron chi connectivity index (χ4n) is 5.68. The number of fused-ring (bicyclic) bond motifs is 1. The van der Waals surface area contributed by atoms with E-state index in [4.69, 9.17) is 16.6 Å². The lowest BCUT2D eigenvalue weighted by atomic mass is 9.85. The van der Waals surface area contributed by atoms with E-state index in [1.165, 1.54) is 6.07 Å². The molecule has 0 unspecified atom stereocenters. The van der Waals surface area contributed by atoms with Gasteiger partial charge < -0.3 is 5.32 Å². The Hall–Kier alpha value is -4.38. The smallest absolute Gasteiger partial charge is 0.334 e. The van der Waals surface area contributed by atoms with Crippen LogP contribution in [0.25, 0.3) is 28.1 Å². The van der Waals surface area contributed by atoms with E-state index in [1.54, 1.807) is 20.0 Å². The molecule has 1 aromatic carbocycles. The number of pyridine rings is 2. The zero-order chi connectivity index (χ0) is 29.4. The fraction of sp³-hybridized carbons (Fsp3) is 0.300. The second kappa shape index (κ2) is 11.5. The van der Waals surface area contributed by atoms with Crippen molar-refractivity contribution in [2.45, 2.75) is 44.7 Å². The van der Waals surface area contributed by atoms with Gasteiger partial charge in [0, 0.05) is 37.6 Å². The Morgan fingerprint density at radius 3 is 2.55 bits per heavy atom. The number of nitrogens with zero attached hydrogens (tertiary/aromatic N) is 6. The molecule has 1 amide bonds. The highest BCUT2D eigenvalue weighted by Crippen LogP contribution is 2.29. The fourth-order valence-corrected chi connectivity index (χ4v) is 5.84. The first-order valence-electron chi connectivity index (χ1n) is 13.7. The van der Waals surface area contributed by atoms with Crippen molar-refractivity contribution in [3.8, 4) is 17.1 Å². The van der Waals surface area contributed by atoms with Gasteiger partial charge in [-0.1, -0.05) is 29.8 Å². The minimum atomic E-state index is -2.88. The van der Waals surface area contributed by atoms with Crippen LogP contribution in [0.4, 0.5) is 8.78 Å². The van der Waals surface area contributed by atoms with Gasteiger partial charge in [-0.15, -0.1) is 0 Å². The van der Waals surface area contributed by atoms with Crippen LogP contribution in [-0.4, -0.2) is 40.8 Å². The number of aryl methyl sites for hydroxylation is 1. The maximum absolute atomic E-state index is 13.8. The van der Waals surface area contributed by atoms with Gasteiger partial charge in [-0.2, -0.15) is 5.10 Å². The summed E-state index contributed by atoms with van der Waals surface area (Å²) in [4.78, 5) is 35.1. The number of amides is 1. The normalized spacial score (nSPS) is 17.2. The number of benzene rings is 1. The molecule has 1 N–H and O–H groups in total. The molecule has 12 heteroatoms. The van der Waals surface area contributed by atoms with E-state index < -0.39 is 18.0 Å². The summed E-state index contributed by atoms with van der Waals surface area (Å²) in [6.45, 7) is 0.517. The van der Waals surface area contributed by atoms with Gasteiger partial charge in [-0.3, -0.25) is 19.0 Å². The Bertz CT molecular complexity index is 1820. The van der Waals surface area contributed by atoms with Crippen LogP contribution in [0.5, 0.6) is 0 Å². The van der Waals surface area contributed by atoms with Crippen molar-refractivity contribution >= 4 is 28.5 Å². The van der Waals surface area contributed by atoms with E-state index in [2.05, 4.69) is 15.4 Å². The van der Waals surface area contributed by atoms with Gasteiger partial charge in [0.2, 0.25) is 0 Å². The average Bonchev–Trinajstić information content (AvgIpc) is 3.54. The number of para-hydroxylation sites is 2. The van der Waals surface area contributed by atoms with Crippen molar-refractivity contribution in [2.24, 2.45) is 13.0 Å². The van der Waals surface area contributed by atoms with Gasteiger partial charge in [0.15, 0.2) is 0 Å². The molecular formula is C30H28ClF2N7O2. The number of nitrogens with one attached hydrogen (secondary N) is 1. The monoisotopic (exact) mass is 591 g/mol. The minimum absolute atomic E-state index is 0.122. The first kappa shape index (κ1) is 27.8. The molecule has 1 aliphatic rings. The molecule has 42 heavy (non-hydrogen) atoms. The highest BCUT2D eigenvalue weighted by molar-refractivity contribution is 6.30. The van der Waals surface area contributed by atoms with Crippen LogP contribution >= 0.6 is 11.6 Å². The summed E-state index contributed by atoms with van der Waals surface area (Å²) >= 11 is 5.91. The Balaban J connectivity index is 1.19. The molecule has 1 fully saturated rings. The zero-order valence-corrected chi connectivity index (χ0v) is 23.5. The van der Waals surface area contributed by atoms with E-state index in [1.807, 2.05) is 55.7 Å². The van der Waals surface area contributed by atoms with Gasteiger partial charge in [0.25, 0.3) is 12.3 Å². The molecule has 9 nitrogen and oxygen atoms in total. The van der Waals surface area contributed by atoms with Crippen molar-refractivity contribution < 1.29 is 13.6 Å². The molecule has 1 aliphatic carbocycles. The van der Waals surface area contributed by atoms with Gasteiger partial charge in [0.1, 0.15) is 11.5 Å². The second-order valence-corrected chi connectivity index (χ2v) is 11.0. The first-order valence-corrected chi connectivity index (χ1v) is 14.1. The molecule has 0 spiro atoms. The molecule has 4 heterocycles. The number of aromatic nitrogens is 6. The molecule has 216 valence electrons. The summed E-state index contributed by atoms with van der Waals surface area (Å²) < 4.78 is 31.9. The molecule has 0 aliphatic heterocycles. The molecule has 4 aromatic heterocycles. The van der Waals surface area contributed by atoms with Crippen LogP contribution in [0.2, 0.25) is 5.02 Å². The van der Waals surface area contributed by atoms with E-state index in [0.717, 1.165) is 41.3 Å². The standard InChI is InChI=1S/C30H28ClF2N7O2/c1-38-17-19(14-35-38)23-5-4-8-26(37-23)40-25-7-3-2-6-24(25)39(30(40)42)16-18-9-11-21(12-10-18)36-29(41)22-13-20(31)15-34-27(22)28(32)33/h2-8,13-15,17-18,21,28H,9-12,16H2,1H3,(H,36,41). The predicted octanol–water partition coefficient (Wildman–Crippen LogP) is 5.56. The van der Waals surface area contributed by atoms with Crippen molar-refractivity contribution in [2.75, 3.05) is 0 Å². The summed E-state index contributed by atoms with van der Waals surface area (Å²) in [6.07, 6.45) is 4.70. The molecular weight excluding hydrogens is 564 g/mol. The third-order valence-electron chi connectivity index (χ3n) is 7.76. The van der Waals surface area contributed by atoms with Gasteiger partial charge >= 0.3 is 5.69 Å². The minimum Gasteiger partial charge on any atom is -0.349 e. The third kappa shape index (κ3) is 5.44. The second-order valence-electron chi connectivity index (χ2n) is 10.6. The molecule has 0 bridgehead atoms. The van der Waals surface area contributed by atoms with Crippen LogP contribution in [0.3, 0.4) is 0 Å². The Kier molecular flexibility index (Phi) is 7.59. The number of halogens is 3. The molecule has 0 radical (unpaired) electrons. The van der Waals surface area contributed by atoms with Crippen molar-refractivity contribution in [3.05, 3.63) is 93.9 Å². The summed E-state index contributed by atoms with van der Waals surface area (Å²) in [7, 11) is 1.84. The van der Waals surface area contributed by atoms with E-state index >= 15 is 0 Å². The number of rotatable bonds is 7. The predicted molar refractivity (Wildman–Crippen MR) is 155 cm³/mol. The van der Waals surface area contributed by atoms with Crippen LogP contribution in [0, 0.1) is 5.92 Å². The Morgan fingerprint density at radius 1 is 1.07 bits per heavy atom. The van der Waals surface area contributed by atoms with Gasteiger partial charge in [-0.25, -0.2) is 23.1 Å². The number of hydrogen-bond donors (Lipinski definition) is 1. The number of carbonyl (C=O) groups is 1. The topological polar surface area (TPSA) is 99.6 Å². The lowest BCUT2D eigenvalue weighted by Gasteiger charge is -2.29. The van der Waals surface area contributed by atoms with E-state index in [0.29, 0.717) is 25.2 Å². The number of alkyl halides is 2. The molecule has 0 saturated heterocycles. The molecule has 5 aromatic rings. The van der Waals surface area contributed by atoms with Gasteiger partial charge in [-0.05, 0) is 61.9 Å². The Labute approximate surface area is 244 Å². The highest BCUT2D eigenvalue weighted by atomic mass is 35.5. The third-order valence-corrected chi connectivity index (χ3v) is 7.97. The Morgan fingerprint density at radius 2 is 1.83 bits per heavy atom. The number of hydrogen-bond acceptors (Lipinski definition) is 5. The summed E-state index contributed by atoms with van der Waals surface area (Å²) in [5.41, 5.74) is 2.21. The van der Waals surface area contributed by atoms with Crippen LogP contribution in [-0.2, 0) is 13.6 Å². The maximum atomic E-state index is 13.8. The first-order chi connectivity index (χ1) is 20.3. The van der Waals surface area contributed by atoms with E-state index in [-0.39, 0.29) is 28.2 Å². The van der Waals surface area contributed by atoms with Crippen LogP contribution in [0.15, 0.2) is 71.9 Å². The SMILES string of the molecule is Cn1cc(-c2cccc(-n3c(=O)n(CC4CCC(NC(=O)c5cc(Cl)cnc5C(F)F)CC4)c4ccccc43)n2)cn1. The van der Waals surface area contributed by atoms with Crippen molar-refractivity contribution in [1.29, 1.82) is 0 Å². The molecule has 0 atom stereocenters. The number of imidazole rings is 1. The highest BCUT2D eigenvalue weighted by Gasteiger charge is 2.27. The zero-order valence-electron chi connectivity index (χ0n) is 22.8. The maximum Gasteiger partial charge on any atom is 0.334 e. The van der Waals surface area contributed by atoms with Crippen molar-refractivity contribution in [3.63, 3.8) is 0 Å². The van der Waals surface area contributed by atoms with Crippen molar-refractivity contribution in [1.82, 2.24) is 34.2 Å². The van der Waals surface area contributed by atoms with Crippen LogP contribution < -0.4 is 11.0 Å².